The predicted octanol–water partition coefficient (Wildman–Crippen LogP) is 3.20. The van der Waals surface area contributed by atoms with Gasteiger partial charge in [0.2, 0.25) is 0 Å². The SMILES string of the molecule is Oc1c2ccc(S)cc2cn1CC(F)(F)F. The molecular weight excluding hydrogens is 239 g/mol. The van der Waals surface area contributed by atoms with Gasteiger partial charge in [0.1, 0.15) is 6.54 Å². The average Bonchev–Trinajstić information content (AvgIpc) is 2.40. The van der Waals surface area contributed by atoms with Crippen molar-refractivity contribution in [1.29, 1.82) is 0 Å². The summed E-state index contributed by atoms with van der Waals surface area (Å²) in [5, 5.41) is 10.5. The highest BCUT2D eigenvalue weighted by atomic mass is 32.1. The summed E-state index contributed by atoms with van der Waals surface area (Å²) in [4.78, 5) is 0.636. The third-order valence-electron chi connectivity index (χ3n) is 2.19. The lowest BCUT2D eigenvalue weighted by Gasteiger charge is -2.07. The Labute approximate surface area is 94.7 Å². The Bertz CT molecular complexity index is 533. The van der Waals surface area contributed by atoms with Crippen LogP contribution in [0.2, 0.25) is 0 Å². The van der Waals surface area contributed by atoms with Gasteiger partial charge in [0, 0.05) is 21.9 Å². The van der Waals surface area contributed by atoms with Crippen LogP contribution in [0.4, 0.5) is 13.2 Å². The quantitative estimate of drug-likeness (QED) is 0.743. The number of hydrogen-bond donors (Lipinski definition) is 2. The lowest BCUT2D eigenvalue weighted by atomic mass is 10.2. The largest absolute Gasteiger partial charge is 0.494 e. The number of halogens is 3. The first-order chi connectivity index (χ1) is 7.37. The first-order valence-electron chi connectivity index (χ1n) is 4.44. The number of aromatic nitrogens is 1. The highest BCUT2D eigenvalue weighted by Gasteiger charge is 2.29. The molecule has 0 bridgehead atoms. The van der Waals surface area contributed by atoms with Gasteiger partial charge in [0.15, 0.2) is 5.88 Å². The summed E-state index contributed by atoms with van der Waals surface area (Å²) in [5.41, 5.74) is 0. The Morgan fingerprint density at radius 1 is 1.31 bits per heavy atom. The molecule has 0 unspecified atom stereocenters. The molecule has 0 atom stereocenters. The molecule has 0 amide bonds. The van der Waals surface area contributed by atoms with Crippen molar-refractivity contribution in [3.05, 3.63) is 24.4 Å². The summed E-state index contributed by atoms with van der Waals surface area (Å²) in [6, 6.07) is 4.76. The van der Waals surface area contributed by atoms with Crippen molar-refractivity contribution in [2.45, 2.75) is 17.6 Å². The average molecular weight is 247 g/mol. The minimum atomic E-state index is -4.35. The molecule has 0 fully saturated rings. The molecule has 0 aliphatic carbocycles. The van der Waals surface area contributed by atoms with Gasteiger partial charge in [-0.15, -0.1) is 12.6 Å². The van der Waals surface area contributed by atoms with E-state index in [2.05, 4.69) is 12.6 Å². The predicted molar refractivity (Wildman–Crippen MR) is 56.9 cm³/mol. The lowest BCUT2D eigenvalue weighted by Crippen LogP contribution is -2.16. The van der Waals surface area contributed by atoms with Crippen molar-refractivity contribution in [2.75, 3.05) is 0 Å². The number of rotatable bonds is 1. The summed E-state index contributed by atoms with van der Waals surface area (Å²) >= 11 is 4.08. The molecule has 1 N–H and O–H groups in total. The van der Waals surface area contributed by atoms with Gasteiger partial charge in [-0.2, -0.15) is 13.2 Å². The van der Waals surface area contributed by atoms with Crippen molar-refractivity contribution in [3.8, 4) is 5.88 Å². The van der Waals surface area contributed by atoms with Crippen LogP contribution in [0.15, 0.2) is 29.3 Å². The van der Waals surface area contributed by atoms with E-state index < -0.39 is 12.7 Å². The topological polar surface area (TPSA) is 25.2 Å². The highest BCUT2D eigenvalue weighted by Crippen LogP contribution is 2.31. The summed E-state index contributed by atoms with van der Waals surface area (Å²) < 4.78 is 37.3. The maximum absolute atomic E-state index is 12.2. The molecule has 0 spiro atoms. The second-order valence-electron chi connectivity index (χ2n) is 3.47. The Hall–Kier alpha value is -1.30. The van der Waals surface area contributed by atoms with Crippen LogP contribution in [0, 0.1) is 0 Å². The van der Waals surface area contributed by atoms with Crippen molar-refractivity contribution in [2.24, 2.45) is 0 Å². The van der Waals surface area contributed by atoms with Crippen LogP contribution in [0.25, 0.3) is 10.8 Å². The lowest BCUT2D eigenvalue weighted by molar-refractivity contribution is -0.141. The number of hydrogen-bond acceptors (Lipinski definition) is 2. The second kappa shape index (κ2) is 3.62. The molecule has 0 radical (unpaired) electrons. The molecule has 0 aliphatic heterocycles. The van der Waals surface area contributed by atoms with Crippen LogP contribution in [0.3, 0.4) is 0 Å². The molecule has 6 heteroatoms. The normalized spacial score (nSPS) is 12.2. The van der Waals surface area contributed by atoms with Gasteiger partial charge in [-0.3, -0.25) is 0 Å². The fourth-order valence-electron chi connectivity index (χ4n) is 1.56. The van der Waals surface area contributed by atoms with E-state index in [-0.39, 0.29) is 5.88 Å². The van der Waals surface area contributed by atoms with E-state index in [1.807, 2.05) is 0 Å². The number of alkyl halides is 3. The third-order valence-corrected chi connectivity index (χ3v) is 2.47. The van der Waals surface area contributed by atoms with Gasteiger partial charge < -0.3 is 9.67 Å². The first kappa shape index (κ1) is 11.2. The standard InChI is InChI=1S/C10H8F3NOS/c11-10(12,13)5-14-4-6-3-7(16)1-2-8(6)9(14)15/h1-4,15-16H,5H2. The van der Waals surface area contributed by atoms with E-state index in [1.54, 1.807) is 18.2 Å². The van der Waals surface area contributed by atoms with Crippen molar-refractivity contribution < 1.29 is 18.3 Å². The molecule has 1 aromatic carbocycles. The molecule has 0 aliphatic rings. The van der Waals surface area contributed by atoms with Crippen LogP contribution < -0.4 is 0 Å². The van der Waals surface area contributed by atoms with E-state index in [4.69, 9.17) is 0 Å². The van der Waals surface area contributed by atoms with Crippen LogP contribution in [-0.4, -0.2) is 15.8 Å². The van der Waals surface area contributed by atoms with E-state index in [9.17, 15) is 18.3 Å². The van der Waals surface area contributed by atoms with E-state index >= 15 is 0 Å². The fourth-order valence-corrected chi connectivity index (χ4v) is 1.77. The molecule has 1 heterocycles. The Kier molecular flexibility index (Phi) is 2.53. The van der Waals surface area contributed by atoms with E-state index in [1.165, 1.54) is 6.20 Å². The Balaban J connectivity index is 2.52. The molecule has 2 aromatic rings. The van der Waals surface area contributed by atoms with Gasteiger partial charge in [0.05, 0.1) is 0 Å². The van der Waals surface area contributed by atoms with Crippen LogP contribution in [0.5, 0.6) is 5.88 Å². The van der Waals surface area contributed by atoms with Crippen molar-refractivity contribution >= 4 is 23.4 Å². The second-order valence-corrected chi connectivity index (χ2v) is 3.98. The van der Waals surface area contributed by atoms with Gasteiger partial charge in [-0.25, -0.2) is 0 Å². The van der Waals surface area contributed by atoms with Crippen molar-refractivity contribution in [3.63, 3.8) is 0 Å². The summed E-state index contributed by atoms with van der Waals surface area (Å²) in [6.45, 7) is -1.20. The number of benzene rings is 1. The smallest absolute Gasteiger partial charge is 0.406 e. The Morgan fingerprint density at radius 3 is 2.62 bits per heavy atom. The van der Waals surface area contributed by atoms with Crippen molar-refractivity contribution in [1.82, 2.24) is 4.57 Å². The molecule has 0 saturated carbocycles. The summed E-state index contributed by atoms with van der Waals surface area (Å²) in [6.07, 6.45) is -3.09. The Morgan fingerprint density at radius 2 is 2.00 bits per heavy atom. The number of aromatic hydroxyl groups is 1. The van der Waals surface area contributed by atoms with Crippen LogP contribution >= 0.6 is 12.6 Å². The number of nitrogens with zero attached hydrogens (tertiary/aromatic N) is 1. The molecule has 2 nitrogen and oxygen atoms in total. The minimum absolute atomic E-state index is 0.374. The van der Waals surface area contributed by atoms with Gasteiger partial charge in [-0.1, -0.05) is 0 Å². The van der Waals surface area contributed by atoms with Crippen LogP contribution in [0.1, 0.15) is 0 Å². The molecule has 2 rings (SSSR count). The molecule has 16 heavy (non-hydrogen) atoms. The zero-order chi connectivity index (χ0) is 11.9. The maximum Gasteiger partial charge on any atom is 0.406 e. The van der Waals surface area contributed by atoms with Crippen LogP contribution in [-0.2, 0) is 6.54 Å². The molecule has 0 saturated heterocycles. The zero-order valence-corrected chi connectivity index (χ0v) is 8.89. The minimum Gasteiger partial charge on any atom is -0.494 e. The monoisotopic (exact) mass is 247 g/mol. The third kappa shape index (κ3) is 2.11. The zero-order valence-electron chi connectivity index (χ0n) is 7.99. The summed E-state index contributed by atoms with van der Waals surface area (Å²) in [7, 11) is 0. The molecular formula is C10H8F3NOS. The highest BCUT2D eigenvalue weighted by molar-refractivity contribution is 7.80. The van der Waals surface area contributed by atoms with E-state index in [0.29, 0.717) is 15.7 Å². The molecule has 1 aromatic heterocycles. The van der Waals surface area contributed by atoms with E-state index in [0.717, 1.165) is 4.57 Å². The van der Waals surface area contributed by atoms with Gasteiger partial charge in [-0.05, 0) is 18.2 Å². The first-order valence-corrected chi connectivity index (χ1v) is 4.89. The number of thiol groups is 1. The number of fused-ring (bicyclic) bond motifs is 1. The fraction of sp³-hybridized carbons (Fsp3) is 0.200. The molecule has 86 valence electrons. The van der Waals surface area contributed by atoms with Gasteiger partial charge >= 0.3 is 6.18 Å². The van der Waals surface area contributed by atoms with Gasteiger partial charge in [0.25, 0.3) is 0 Å². The summed E-state index contributed by atoms with van der Waals surface area (Å²) in [5.74, 6) is -0.374. The maximum atomic E-state index is 12.2.